The number of hydrogen-bond donors (Lipinski definition) is 1. The number of para-hydroxylation sites is 1. The van der Waals surface area contributed by atoms with Gasteiger partial charge < -0.3 is 10.1 Å². The van der Waals surface area contributed by atoms with Crippen molar-refractivity contribution in [3.63, 3.8) is 0 Å². The number of nitrogens with one attached hydrogen (secondary N) is 1. The normalized spacial score (nSPS) is 10.9. The van der Waals surface area contributed by atoms with Crippen molar-refractivity contribution >= 4 is 29.3 Å². The number of rotatable bonds is 9. The minimum Gasteiger partial charge on any atom is -0.493 e. The molecular weight excluding hydrogens is 360 g/mol. The number of ether oxygens (including phenoxy) is 1. The molecule has 2 rings (SSSR count). The van der Waals surface area contributed by atoms with E-state index in [4.69, 9.17) is 16.3 Å². The van der Waals surface area contributed by atoms with Gasteiger partial charge >= 0.3 is 0 Å². The summed E-state index contributed by atoms with van der Waals surface area (Å²) in [6.07, 6.45) is 6.02. The molecule has 0 aliphatic carbocycles. The Morgan fingerprint density at radius 1 is 1.15 bits per heavy atom. The number of halogens is 1. The van der Waals surface area contributed by atoms with Crippen molar-refractivity contribution < 1.29 is 9.53 Å². The first-order valence-corrected chi connectivity index (χ1v) is 9.42. The highest BCUT2D eigenvalue weighted by atomic mass is 35.5. The van der Waals surface area contributed by atoms with Gasteiger partial charge in [-0.2, -0.15) is 5.26 Å². The zero-order valence-electron chi connectivity index (χ0n) is 15.4. The number of hydrogen-bond acceptors (Lipinski definition) is 3. The summed E-state index contributed by atoms with van der Waals surface area (Å²) in [5, 5.41) is 12.7. The van der Waals surface area contributed by atoms with E-state index in [1.54, 1.807) is 30.3 Å². The fraction of sp³-hybridized carbons (Fsp3) is 0.273. The van der Waals surface area contributed by atoms with E-state index < -0.39 is 5.91 Å². The Bertz CT molecular complexity index is 823. The Morgan fingerprint density at radius 3 is 2.59 bits per heavy atom. The van der Waals surface area contributed by atoms with E-state index >= 15 is 0 Å². The summed E-state index contributed by atoms with van der Waals surface area (Å²) >= 11 is 5.84. The highest BCUT2D eigenvalue weighted by molar-refractivity contribution is 6.30. The van der Waals surface area contributed by atoms with Crippen molar-refractivity contribution in [1.82, 2.24) is 0 Å². The maximum absolute atomic E-state index is 12.4. The lowest BCUT2D eigenvalue weighted by Gasteiger charge is -2.10. The molecule has 0 radical (unpaired) electrons. The van der Waals surface area contributed by atoms with Crippen molar-refractivity contribution in [1.29, 1.82) is 5.26 Å². The zero-order chi connectivity index (χ0) is 19.5. The minimum absolute atomic E-state index is 0.00647. The van der Waals surface area contributed by atoms with E-state index in [1.807, 2.05) is 30.3 Å². The first-order valence-electron chi connectivity index (χ1n) is 9.04. The van der Waals surface area contributed by atoms with E-state index in [9.17, 15) is 10.1 Å². The van der Waals surface area contributed by atoms with Crippen LogP contribution < -0.4 is 10.1 Å². The predicted octanol–water partition coefficient (Wildman–Crippen LogP) is 5.84. The molecule has 2 aromatic carbocycles. The van der Waals surface area contributed by atoms with Gasteiger partial charge in [-0.25, -0.2) is 0 Å². The molecule has 0 atom stereocenters. The molecule has 0 saturated carbocycles. The van der Waals surface area contributed by atoms with Crippen molar-refractivity contribution in [2.24, 2.45) is 0 Å². The van der Waals surface area contributed by atoms with Gasteiger partial charge in [-0.3, -0.25) is 4.79 Å². The monoisotopic (exact) mass is 382 g/mol. The molecule has 1 N–H and O–H groups in total. The maximum Gasteiger partial charge on any atom is 0.266 e. The first-order chi connectivity index (χ1) is 13.1. The van der Waals surface area contributed by atoms with Crippen LogP contribution in [0.4, 0.5) is 5.69 Å². The van der Waals surface area contributed by atoms with E-state index in [2.05, 4.69) is 12.2 Å². The lowest BCUT2D eigenvalue weighted by molar-refractivity contribution is -0.112. The molecule has 0 aliphatic heterocycles. The second-order valence-electron chi connectivity index (χ2n) is 6.08. The molecule has 140 valence electrons. The Balaban J connectivity index is 2.08. The Labute approximate surface area is 165 Å². The molecule has 0 spiro atoms. The summed E-state index contributed by atoms with van der Waals surface area (Å²) in [5.74, 6) is 0.193. The van der Waals surface area contributed by atoms with E-state index in [0.29, 0.717) is 28.6 Å². The zero-order valence-corrected chi connectivity index (χ0v) is 16.1. The minimum atomic E-state index is -0.474. The van der Waals surface area contributed by atoms with Gasteiger partial charge in [-0.15, -0.1) is 0 Å². The van der Waals surface area contributed by atoms with Crippen LogP contribution in [0.1, 0.15) is 38.2 Å². The molecule has 0 bridgehead atoms. The number of carbonyl (C=O) groups excluding carboxylic acids is 1. The van der Waals surface area contributed by atoms with Gasteiger partial charge in [-0.1, -0.05) is 56.0 Å². The van der Waals surface area contributed by atoms with Crippen molar-refractivity contribution in [2.75, 3.05) is 11.9 Å². The number of nitriles is 1. The van der Waals surface area contributed by atoms with Gasteiger partial charge in [0.2, 0.25) is 0 Å². The third kappa shape index (κ3) is 6.80. The molecule has 2 aromatic rings. The third-order valence-corrected chi connectivity index (χ3v) is 4.19. The van der Waals surface area contributed by atoms with Crippen LogP contribution in [0.25, 0.3) is 6.08 Å². The Hall–Kier alpha value is -2.77. The third-order valence-electron chi connectivity index (χ3n) is 3.94. The Morgan fingerprint density at radius 2 is 1.89 bits per heavy atom. The van der Waals surface area contributed by atoms with Gasteiger partial charge in [0, 0.05) is 16.3 Å². The van der Waals surface area contributed by atoms with Crippen LogP contribution in [-0.4, -0.2) is 12.5 Å². The van der Waals surface area contributed by atoms with Gasteiger partial charge in [0.25, 0.3) is 5.91 Å². The van der Waals surface area contributed by atoms with Crippen LogP contribution in [-0.2, 0) is 4.79 Å². The van der Waals surface area contributed by atoms with Crippen LogP contribution in [0, 0.1) is 11.3 Å². The highest BCUT2D eigenvalue weighted by Crippen LogP contribution is 2.22. The van der Waals surface area contributed by atoms with E-state index in [1.165, 1.54) is 12.8 Å². The molecule has 0 aliphatic rings. The summed E-state index contributed by atoms with van der Waals surface area (Å²) in [6, 6.07) is 16.1. The van der Waals surface area contributed by atoms with Gasteiger partial charge in [0.05, 0.1) is 6.61 Å². The second kappa shape index (κ2) is 11.1. The van der Waals surface area contributed by atoms with Crippen LogP contribution in [0.15, 0.2) is 54.1 Å². The van der Waals surface area contributed by atoms with Crippen LogP contribution in [0.5, 0.6) is 5.75 Å². The molecule has 1 amide bonds. The Kier molecular flexibility index (Phi) is 8.41. The standard InChI is InChI=1S/C22H23ClN2O2/c1-2-3-4-7-14-27-21-9-6-5-8-17(21)15-18(16-24)22(26)25-20-12-10-19(23)11-13-20/h5-6,8-13,15H,2-4,7,14H2,1H3,(H,25,26)/b18-15+. The molecule has 0 aromatic heterocycles. The average molecular weight is 383 g/mol. The average Bonchev–Trinajstić information content (AvgIpc) is 2.68. The fourth-order valence-electron chi connectivity index (χ4n) is 2.48. The summed E-state index contributed by atoms with van der Waals surface area (Å²) in [4.78, 5) is 12.4. The van der Waals surface area contributed by atoms with Crippen molar-refractivity contribution in [3.05, 3.63) is 64.7 Å². The number of nitrogens with zero attached hydrogens (tertiary/aromatic N) is 1. The van der Waals surface area contributed by atoms with Crippen molar-refractivity contribution in [3.8, 4) is 11.8 Å². The van der Waals surface area contributed by atoms with E-state index in [-0.39, 0.29) is 5.57 Å². The predicted molar refractivity (Wildman–Crippen MR) is 110 cm³/mol. The first kappa shape index (κ1) is 20.5. The fourth-order valence-corrected chi connectivity index (χ4v) is 2.60. The molecule has 5 heteroatoms. The summed E-state index contributed by atoms with van der Waals surface area (Å²) in [6.45, 7) is 2.78. The van der Waals surface area contributed by atoms with Crippen molar-refractivity contribution in [2.45, 2.75) is 32.6 Å². The second-order valence-corrected chi connectivity index (χ2v) is 6.51. The number of unbranched alkanes of at least 4 members (excludes halogenated alkanes) is 3. The molecule has 0 heterocycles. The molecule has 27 heavy (non-hydrogen) atoms. The van der Waals surface area contributed by atoms with Gasteiger partial charge in [0.15, 0.2) is 0 Å². The van der Waals surface area contributed by atoms with Gasteiger partial charge in [0.1, 0.15) is 17.4 Å². The smallest absolute Gasteiger partial charge is 0.266 e. The molecule has 0 fully saturated rings. The van der Waals surface area contributed by atoms with E-state index in [0.717, 1.165) is 12.8 Å². The van der Waals surface area contributed by atoms with Gasteiger partial charge in [-0.05, 0) is 42.8 Å². The van der Waals surface area contributed by atoms with Crippen LogP contribution in [0.3, 0.4) is 0 Å². The molecule has 0 unspecified atom stereocenters. The van der Waals surface area contributed by atoms with Crippen LogP contribution >= 0.6 is 11.6 Å². The lowest BCUT2D eigenvalue weighted by Crippen LogP contribution is -2.13. The van der Waals surface area contributed by atoms with Crippen LogP contribution in [0.2, 0.25) is 5.02 Å². The molecule has 4 nitrogen and oxygen atoms in total. The number of benzene rings is 2. The topological polar surface area (TPSA) is 62.1 Å². The number of amides is 1. The number of anilines is 1. The summed E-state index contributed by atoms with van der Waals surface area (Å²) in [5.41, 5.74) is 1.29. The lowest BCUT2D eigenvalue weighted by atomic mass is 10.1. The maximum atomic E-state index is 12.4. The summed E-state index contributed by atoms with van der Waals surface area (Å²) < 4.78 is 5.84. The molecular formula is C22H23ClN2O2. The summed E-state index contributed by atoms with van der Waals surface area (Å²) in [7, 11) is 0. The largest absolute Gasteiger partial charge is 0.493 e. The highest BCUT2D eigenvalue weighted by Gasteiger charge is 2.11. The quantitative estimate of drug-likeness (QED) is 0.336. The number of carbonyl (C=O) groups is 1. The molecule has 0 saturated heterocycles. The SMILES string of the molecule is CCCCCCOc1ccccc1/C=C(\C#N)C(=O)Nc1ccc(Cl)cc1.